The number of hydrogen-bond acceptors (Lipinski definition) is 3. The Morgan fingerprint density at radius 1 is 1.37 bits per heavy atom. The van der Waals surface area contributed by atoms with E-state index < -0.39 is 6.10 Å². The summed E-state index contributed by atoms with van der Waals surface area (Å²) in [6, 6.07) is 2.04. The first-order valence-electron chi connectivity index (χ1n) is 6.65. The summed E-state index contributed by atoms with van der Waals surface area (Å²) in [5.41, 5.74) is 3.02. The number of rotatable bonds is 3. The largest absolute Gasteiger partial charge is 0.496 e. The van der Waals surface area contributed by atoms with Crippen molar-refractivity contribution in [2.45, 2.75) is 32.8 Å². The van der Waals surface area contributed by atoms with Crippen LogP contribution in [0.25, 0.3) is 0 Å². The van der Waals surface area contributed by atoms with E-state index in [0.717, 1.165) is 53.0 Å². The molecular formula is C15H21BrO3. The molecule has 0 saturated carbocycles. The molecule has 0 amide bonds. The van der Waals surface area contributed by atoms with E-state index in [1.165, 1.54) is 0 Å². The molecule has 1 fully saturated rings. The predicted molar refractivity (Wildman–Crippen MR) is 78.7 cm³/mol. The van der Waals surface area contributed by atoms with E-state index in [1.807, 2.05) is 19.9 Å². The highest BCUT2D eigenvalue weighted by Crippen LogP contribution is 2.41. The molecule has 2 rings (SSSR count). The highest BCUT2D eigenvalue weighted by Gasteiger charge is 2.28. The van der Waals surface area contributed by atoms with E-state index in [1.54, 1.807) is 7.11 Å². The van der Waals surface area contributed by atoms with Crippen LogP contribution < -0.4 is 4.74 Å². The SMILES string of the molecule is COc1c(C)cc(Br)c(C)c1C(O)C1CCOCC1. The average Bonchev–Trinajstić information content (AvgIpc) is 2.42. The Morgan fingerprint density at radius 3 is 2.58 bits per heavy atom. The topological polar surface area (TPSA) is 38.7 Å². The van der Waals surface area contributed by atoms with Gasteiger partial charge >= 0.3 is 0 Å². The molecular weight excluding hydrogens is 308 g/mol. The Morgan fingerprint density at radius 2 is 2.00 bits per heavy atom. The lowest BCUT2D eigenvalue weighted by Crippen LogP contribution is -2.23. The van der Waals surface area contributed by atoms with Gasteiger partial charge in [0.25, 0.3) is 0 Å². The van der Waals surface area contributed by atoms with Gasteiger partial charge in [-0.25, -0.2) is 0 Å². The molecule has 0 aromatic heterocycles. The van der Waals surface area contributed by atoms with Crippen LogP contribution in [0.1, 0.15) is 35.6 Å². The molecule has 0 radical (unpaired) electrons. The van der Waals surface area contributed by atoms with Crippen molar-refractivity contribution in [1.29, 1.82) is 0 Å². The molecule has 19 heavy (non-hydrogen) atoms. The average molecular weight is 329 g/mol. The van der Waals surface area contributed by atoms with Crippen LogP contribution in [0, 0.1) is 19.8 Å². The molecule has 3 nitrogen and oxygen atoms in total. The molecule has 0 spiro atoms. The van der Waals surface area contributed by atoms with Crippen LogP contribution in [0.3, 0.4) is 0 Å². The third-order valence-corrected chi connectivity index (χ3v) is 4.74. The Balaban J connectivity index is 2.41. The molecule has 1 saturated heterocycles. The summed E-state index contributed by atoms with van der Waals surface area (Å²) in [5.74, 6) is 1.05. The second-order valence-electron chi connectivity index (χ2n) is 5.14. The lowest BCUT2D eigenvalue weighted by molar-refractivity contribution is 0.00607. The van der Waals surface area contributed by atoms with E-state index in [4.69, 9.17) is 9.47 Å². The minimum Gasteiger partial charge on any atom is -0.496 e. The minimum absolute atomic E-state index is 0.245. The summed E-state index contributed by atoms with van der Waals surface area (Å²) in [7, 11) is 1.66. The quantitative estimate of drug-likeness (QED) is 0.922. The molecule has 0 aliphatic carbocycles. The zero-order chi connectivity index (χ0) is 14.0. The molecule has 1 aromatic rings. The molecule has 4 heteroatoms. The van der Waals surface area contributed by atoms with Crippen LogP contribution in [0.2, 0.25) is 0 Å². The van der Waals surface area contributed by atoms with Crippen molar-refractivity contribution in [2.75, 3.05) is 20.3 Å². The van der Waals surface area contributed by atoms with Crippen molar-refractivity contribution in [1.82, 2.24) is 0 Å². The van der Waals surface area contributed by atoms with Gasteiger partial charge in [-0.1, -0.05) is 15.9 Å². The summed E-state index contributed by atoms with van der Waals surface area (Å²) >= 11 is 3.56. The maximum Gasteiger partial charge on any atom is 0.127 e. The monoisotopic (exact) mass is 328 g/mol. The van der Waals surface area contributed by atoms with Crippen LogP contribution in [0.15, 0.2) is 10.5 Å². The Kier molecular flexibility index (Phi) is 4.87. The fraction of sp³-hybridized carbons (Fsp3) is 0.600. The number of ether oxygens (including phenoxy) is 2. The zero-order valence-electron chi connectivity index (χ0n) is 11.7. The van der Waals surface area contributed by atoms with Crippen LogP contribution in [-0.2, 0) is 4.74 Å². The van der Waals surface area contributed by atoms with Gasteiger partial charge in [-0.2, -0.15) is 0 Å². The van der Waals surface area contributed by atoms with E-state index in [0.29, 0.717) is 0 Å². The smallest absolute Gasteiger partial charge is 0.127 e. The summed E-state index contributed by atoms with van der Waals surface area (Å²) in [4.78, 5) is 0. The number of aryl methyl sites for hydroxylation is 1. The maximum absolute atomic E-state index is 10.7. The molecule has 1 aliphatic heterocycles. The Labute approximate surface area is 123 Å². The number of aliphatic hydroxyl groups is 1. The van der Waals surface area contributed by atoms with Crippen molar-refractivity contribution >= 4 is 15.9 Å². The van der Waals surface area contributed by atoms with Crippen LogP contribution in [0.4, 0.5) is 0 Å². The summed E-state index contributed by atoms with van der Waals surface area (Å²) in [5, 5.41) is 10.7. The lowest BCUT2D eigenvalue weighted by atomic mass is 9.86. The number of benzene rings is 1. The molecule has 1 heterocycles. The fourth-order valence-corrected chi connectivity index (χ4v) is 3.33. The number of aliphatic hydroxyl groups excluding tert-OH is 1. The second-order valence-corrected chi connectivity index (χ2v) is 6.00. The van der Waals surface area contributed by atoms with E-state index in [9.17, 15) is 5.11 Å². The van der Waals surface area contributed by atoms with Gasteiger partial charge in [0, 0.05) is 23.2 Å². The Hall–Kier alpha value is -0.580. The van der Waals surface area contributed by atoms with Gasteiger partial charge in [-0.3, -0.25) is 0 Å². The second kappa shape index (κ2) is 6.25. The minimum atomic E-state index is -0.491. The van der Waals surface area contributed by atoms with E-state index in [2.05, 4.69) is 15.9 Å². The van der Waals surface area contributed by atoms with Crippen molar-refractivity contribution in [3.63, 3.8) is 0 Å². The molecule has 1 N–H and O–H groups in total. The molecule has 1 aromatic carbocycles. The molecule has 0 bridgehead atoms. The number of halogens is 1. The van der Waals surface area contributed by atoms with Crippen LogP contribution >= 0.6 is 15.9 Å². The molecule has 106 valence electrons. The van der Waals surface area contributed by atoms with Crippen LogP contribution in [0.5, 0.6) is 5.75 Å². The third-order valence-electron chi connectivity index (χ3n) is 3.92. The molecule has 1 atom stereocenters. The first-order chi connectivity index (χ1) is 9.06. The normalized spacial score (nSPS) is 18.4. The van der Waals surface area contributed by atoms with Gasteiger partial charge < -0.3 is 14.6 Å². The highest BCUT2D eigenvalue weighted by atomic mass is 79.9. The first kappa shape index (κ1) is 14.8. The van der Waals surface area contributed by atoms with Crippen molar-refractivity contribution in [3.05, 3.63) is 27.2 Å². The van der Waals surface area contributed by atoms with Gasteiger partial charge in [-0.15, -0.1) is 0 Å². The number of methoxy groups -OCH3 is 1. The van der Waals surface area contributed by atoms with E-state index in [-0.39, 0.29) is 5.92 Å². The summed E-state index contributed by atoms with van der Waals surface area (Å²) in [6.07, 6.45) is 1.31. The standard InChI is InChI=1S/C15H21BrO3/c1-9-8-12(16)10(2)13(15(9)18-3)14(17)11-4-6-19-7-5-11/h8,11,14,17H,4-7H2,1-3H3. The van der Waals surface area contributed by atoms with Gasteiger partial charge in [0.1, 0.15) is 5.75 Å². The fourth-order valence-electron chi connectivity index (χ4n) is 2.77. The Bertz CT molecular complexity index is 453. The van der Waals surface area contributed by atoms with Gasteiger partial charge in [0.15, 0.2) is 0 Å². The first-order valence-corrected chi connectivity index (χ1v) is 7.45. The van der Waals surface area contributed by atoms with Crippen molar-refractivity contribution in [3.8, 4) is 5.75 Å². The predicted octanol–water partition coefficient (Wildman–Crippen LogP) is 3.53. The highest BCUT2D eigenvalue weighted by molar-refractivity contribution is 9.10. The van der Waals surface area contributed by atoms with Gasteiger partial charge in [0.2, 0.25) is 0 Å². The molecule has 1 aliphatic rings. The third kappa shape index (κ3) is 2.96. The number of hydrogen-bond donors (Lipinski definition) is 1. The zero-order valence-corrected chi connectivity index (χ0v) is 13.3. The maximum atomic E-state index is 10.7. The van der Waals surface area contributed by atoms with Gasteiger partial charge in [-0.05, 0) is 49.8 Å². The van der Waals surface area contributed by atoms with Gasteiger partial charge in [0.05, 0.1) is 13.2 Å². The van der Waals surface area contributed by atoms with Crippen molar-refractivity contribution < 1.29 is 14.6 Å². The summed E-state index contributed by atoms with van der Waals surface area (Å²) < 4.78 is 11.9. The van der Waals surface area contributed by atoms with Crippen molar-refractivity contribution in [2.24, 2.45) is 5.92 Å². The summed E-state index contributed by atoms with van der Waals surface area (Å²) in [6.45, 7) is 5.49. The molecule has 1 unspecified atom stereocenters. The van der Waals surface area contributed by atoms with Crippen LogP contribution in [-0.4, -0.2) is 25.4 Å². The lowest BCUT2D eigenvalue weighted by Gasteiger charge is -2.29. The van der Waals surface area contributed by atoms with E-state index >= 15 is 0 Å².